The molecule has 0 saturated carbocycles. The van der Waals surface area contributed by atoms with Crippen LogP contribution in [0.3, 0.4) is 0 Å². The topological polar surface area (TPSA) is 56.9 Å². The number of hydrogen-bond acceptors (Lipinski definition) is 5. The molecule has 3 rings (SSSR count). The largest absolute Gasteiger partial charge is 0.497 e. The Morgan fingerprint density at radius 3 is 2.67 bits per heavy atom. The first-order chi connectivity index (χ1) is 11.8. The molecule has 3 aromatic rings. The van der Waals surface area contributed by atoms with E-state index in [4.69, 9.17) is 14.0 Å². The van der Waals surface area contributed by atoms with E-state index in [0.717, 1.165) is 22.4 Å². The fraction of sp³-hybridized carbons (Fsp3) is 0.158. The predicted molar refractivity (Wildman–Crippen MR) is 92.1 cm³/mol. The summed E-state index contributed by atoms with van der Waals surface area (Å²) in [6.07, 6.45) is 3.27. The molecule has 0 aliphatic rings. The van der Waals surface area contributed by atoms with E-state index >= 15 is 0 Å². The number of oxime groups is 1. The van der Waals surface area contributed by atoms with Gasteiger partial charge in [-0.3, -0.25) is 0 Å². The lowest BCUT2D eigenvalue weighted by Crippen LogP contribution is -1.90. The third kappa shape index (κ3) is 3.81. The second-order valence-electron chi connectivity index (χ2n) is 5.24. The standard InChI is InChI=1S/C19H18N2O3/c1-14-5-3-4-6-16(14)11-20-24-13-17-12-23-19(21-17)15-7-9-18(22-2)10-8-15/h3-12H,13H2,1-2H3/b20-11+. The second-order valence-corrected chi connectivity index (χ2v) is 5.24. The van der Waals surface area contributed by atoms with E-state index in [0.29, 0.717) is 11.6 Å². The number of oxazole rings is 1. The molecule has 2 aromatic carbocycles. The van der Waals surface area contributed by atoms with Gasteiger partial charge in [-0.2, -0.15) is 0 Å². The van der Waals surface area contributed by atoms with Gasteiger partial charge in [0.1, 0.15) is 17.7 Å². The minimum Gasteiger partial charge on any atom is -0.497 e. The Morgan fingerprint density at radius 1 is 1.12 bits per heavy atom. The normalized spacial score (nSPS) is 10.9. The van der Waals surface area contributed by atoms with Gasteiger partial charge in [-0.15, -0.1) is 0 Å². The summed E-state index contributed by atoms with van der Waals surface area (Å²) < 4.78 is 10.6. The van der Waals surface area contributed by atoms with Crippen LogP contribution in [0, 0.1) is 6.92 Å². The zero-order chi connectivity index (χ0) is 16.8. The first kappa shape index (κ1) is 15.8. The van der Waals surface area contributed by atoms with Crippen LogP contribution in [-0.4, -0.2) is 18.3 Å². The lowest BCUT2D eigenvalue weighted by Gasteiger charge is -1.99. The van der Waals surface area contributed by atoms with Crippen molar-refractivity contribution >= 4 is 6.21 Å². The molecule has 0 unspecified atom stereocenters. The quantitative estimate of drug-likeness (QED) is 0.504. The summed E-state index contributed by atoms with van der Waals surface area (Å²) in [5.41, 5.74) is 3.73. The highest BCUT2D eigenvalue weighted by Crippen LogP contribution is 2.21. The van der Waals surface area contributed by atoms with Gasteiger partial charge in [0, 0.05) is 5.56 Å². The molecule has 0 spiro atoms. The third-order valence-electron chi connectivity index (χ3n) is 3.56. The molecule has 0 N–H and O–H groups in total. The van der Waals surface area contributed by atoms with Crippen LogP contribution in [-0.2, 0) is 11.4 Å². The number of hydrogen-bond donors (Lipinski definition) is 0. The van der Waals surface area contributed by atoms with E-state index in [-0.39, 0.29) is 6.61 Å². The number of aryl methyl sites for hydroxylation is 1. The summed E-state index contributed by atoms with van der Waals surface area (Å²) in [5.74, 6) is 1.33. The number of nitrogens with zero attached hydrogens (tertiary/aromatic N) is 2. The van der Waals surface area contributed by atoms with Gasteiger partial charge < -0.3 is 14.0 Å². The van der Waals surface area contributed by atoms with Crippen molar-refractivity contribution in [2.45, 2.75) is 13.5 Å². The van der Waals surface area contributed by atoms with Gasteiger partial charge in [0.15, 0.2) is 6.61 Å². The summed E-state index contributed by atoms with van der Waals surface area (Å²) in [6.45, 7) is 2.28. The maximum Gasteiger partial charge on any atom is 0.226 e. The van der Waals surface area contributed by atoms with Crippen LogP contribution in [0.2, 0.25) is 0 Å². The van der Waals surface area contributed by atoms with Gasteiger partial charge in [-0.05, 0) is 42.3 Å². The summed E-state index contributed by atoms with van der Waals surface area (Å²) in [7, 11) is 1.63. The van der Waals surface area contributed by atoms with Crippen LogP contribution >= 0.6 is 0 Å². The average Bonchev–Trinajstić information content (AvgIpc) is 3.09. The van der Waals surface area contributed by atoms with E-state index < -0.39 is 0 Å². The van der Waals surface area contributed by atoms with Crippen LogP contribution in [0.1, 0.15) is 16.8 Å². The zero-order valence-corrected chi connectivity index (χ0v) is 13.6. The van der Waals surface area contributed by atoms with Gasteiger partial charge in [0.05, 0.1) is 13.3 Å². The Balaban J connectivity index is 1.59. The molecule has 5 heteroatoms. The van der Waals surface area contributed by atoms with Crippen molar-refractivity contribution in [3.63, 3.8) is 0 Å². The lowest BCUT2D eigenvalue weighted by atomic mass is 10.1. The van der Waals surface area contributed by atoms with E-state index in [1.165, 1.54) is 0 Å². The molecule has 0 aliphatic carbocycles. The van der Waals surface area contributed by atoms with Gasteiger partial charge in [0.2, 0.25) is 5.89 Å². The van der Waals surface area contributed by atoms with Crippen LogP contribution in [0.5, 0.6) is 5.75 Å². The monoisotopic (exact) mass is 322 g/mol. The molecule has 1 aromatic heterocycles. The molecule has 5 nitrogen and oxygen atoms in total. The molecule has 24 heavy (non-hydrogen) atoms. The summed E-state index contributed by atoms with van der Waals surface area (Å²) in [4.78, 5) is 9.68. The number of rotatable bonds is 6. The highest BCUT2D eigenvalue weighted by molar-refractivity contribution is 5.81. The van der Waals surface area contributed by atoms with Crippen LogP contribution in [0.25, 0.3) is 11.5 Å². The molecule has 0 fully saturated rings. The molecule has 0 saturated heterocycles. The Hall–Kier alpha value is -3.08. The van der Waals surface area contributed by atoms with Crippen molar-refractivity contribution in [1.82, 2.24) is 4.98 Å². The van der Waals surface area contributed by atoms with Crippen molar-refractivity contribution in [2.75, 3.05) is 7.11 Å². The van der Waals surface area contributed by atoms with E-state index in [9.17, 15) is 0 Å². The zero-order valence-electron chi connectivity index (χ0n) is 13.6. The SMILES string of the molecule is COc1ccc(-c2nc(CO/N=C/c3ccccc3C)co2)cc1. The first-order valence-corrected chi connectivity index (χ1v) is 7.56. The molecule has 0 atom stereocenters. The summed E-state index contributed by atoms with van der Waals surface area (Å²) >= 11 is 0. The first-order valence-electron chi connectivity index (χ1n) is 7.56. The minimum absolute atomic E-state index is 0.252. The highest BCUT2D eigenvalue weighted by atomic mass is 16.6. The van der Waals surface area contributed by atoms with Gasteiger partial charge in [0.25, 0.3) is 0 Å². The predicted octanol–water partition coefficient (Wildman–Crippen LogP) is 4.21. The van der Waals surface area contributed by atoms with Gasteiger partial charge in [-0.25, -0.2) is 4.98 Å². The number of methoxy groups -OCH3 is 1. The Kier molecular flexibility index (Phi) is 4.91. The third-order valence-corrected chi connectivity index (χ3v) is 3.56. The van der Waals surface area contributed by atoms with Crippen LogP contribution in [0.15, 0.2) is 64.4 Å². The molecular formula is C19H18N2O3. The lowest BCUT2D eigenvalue weighted by molar-refractivity contribution is 0.129. The fourth-order valence-electron chi connectivity index (χ4n) is 2.17. The molecular weight excluding hydrogens is 304 g/mol. The van der Waals surface area contributed by atoms with Crippen LogP contribution < -0.4 is 4.74 Å². The summed E-state index contributed by atoms with van der Waals surface area (Å²) in [5, 5.41) is 3.98. The van der Waals surface area contributed by atoms with Crippen molar-refractivity contribution in [1.29, 1.82) is 0 Å². The second kappa shape index (κ2) is 7.46. The van der Waals surface area contributed by atoms with Crippen molar-refractivity contribution in [3.05, 3.63) is 71.6 Å². The molecule has 0 aliphatic heterocycles. The smallest absolute Gasteiger partial charge is 0.226 e. The highest BCUT2D eigenvalue weighted by Gasteiger charge is 2.07. The van der Waals surface area contributed by atoms with Crippen molar-refractivity contribution in [3.8, 4) is 17.2 Å². The number of ether oxygens (including phenoxy) is 1. The van der Waals surface area contributed by atoms with Gasteiger partial charge >= 0.3 is 0 Å². The van der Waals surface area contributed by atoms with Crippen LogP contribution in [0.4, 0.5) is 0 Å². The van der Waals surface area contributed by atoms with E-state index in [2.05, 4.69) is 10.1 Å². The van der Waals surface area contributed by atoms with E-state index in [1.807, 2.05) is 55.5 Å². The van der Waals surface area contributed by atoms with Gasteiger partial charge in [-0.1, -0.05) is 29.4 Å². The minimum atomic E-state index is 0.252. The number of benzene rings is 2. The Labute approximate surface area is 140 Å². The maximum atomic E-state index is 5.47. The molecule has 0 bridgehead atoms. The molecule has 0 amide bonds. The Morgan fingerprint density at radius 2 is 1.92 bits per heavy atom. The summed E-state index contributed by atoms with van der Waals surface area (Å²) in [6, 6.07) is 15.5. The maximum absolute atomic E-state index is 5.47. The van der Waals surface area contributed by atoms with Crippen molar-refractivity contribution < 1.29 is 14.0 Å². The average molecular weight is 322 g/mol. The fourth-order valence-corrected chi connectivity index (χ4v) is 2.17. The van der Waals surface area contributed by atoms with Crippen molar-refractivity contribution in [2.24, 2.45) is 5.16 Å². The molecule has 1 heterocycles. The number of aromatic nitrogens is 1. The molecule has 0 radical (unpaired) electrons. The Bertz CT molecular complexity index is 823. The molecule has 122 valence electrons. The van der Waals surface area contributed by atoms with E-state index in [1.54, 1.807) is 19.6 Å².